The lowest BCUT2D eigenvalue weighted by Gasteiger charge is -2.30. The van der Waals surface area contributed by atoms with Gasteiger partial charge in [-0.1, -0.05) is 45.0 Å². The Morgan fingerprint density at radius 2 is 1.90 bits per heavy atom. The van der Waals surface area contributed by atoms with Crippen LogP contribution in [-0.2, 0) is 34.8 Å². The van der Waals surface area contributed by atoms with E-state index in [1.165, 1.54) is 24.9 Å². The van der Waals surface area contributed by atoms with Crippen LogP contribution < -0.4 is 0 Å². The summed E-state index contributed by atoms with van der Waals surface area (Å²) in [5.41, 5.74) is 2.97. The van der Waals surface area contributed by atoms with Gasteiger partial charge < -0.3 is 9.72 Å². The molecule has 0 saturated carbocycles. The Labute approximate surface area is 295 Å². The van der Waals surface area contributed by atoms with E-state index in [9.17, 15) is 4.79 Å². The second-order valence-corrected chi connectivity index (χ2v) is 16.2. The molecule has 1 aliphatic heterocycles. The summed E-state index contributed by atoms with van der Waals surface area (Å²) in [4.78, 5) is 26.7. The number of rotatable bonds is 4. The highest BCUT2D eigenvalue weighted by Crippen LogP contribution is 2.41. The number of methoxy groups -OCH3 is 1. The molecule has 2 atom stereocenters. The van der Waals surface area contributed by atoms with E-state index in [0.717, 1.165) is 58.6 Å². The zero-order valence-corrected chi connectivity index (χ0v) is 30.5. The van der Waals surface area contributed by atoms with Crippen LogP contribution in [0.1, 0.15) is 69.7 Å². The van der Waals surface area contributed by atoms with Crippen LogP contribution in [0, 0.1) is 23.0 Å². The summed E-state index contributed by atoms with van der Waals surface area (Å²) in [6, 6.07) is 14.3. The molecule has 1 aliphatic rings. The number of carbonyl (C=O) groups is 1. The standard InChI is InChI=1S/C38H43F2N5O2S2/c1-23(35(46)47-6)19-24-9-7-10-32(42-24)38(4)16-8-15-37(2,3)22-48-18-14-27-26-13-17-41-31(26)21-30(40)33(27)49-25-11-12-29(39)28(20-25)34-43-36(38)44-45(34)5/h7,9-13,17,20-21,23,41H,8,14-16,18-19,22H2,1-6H3. The maximum atomic E-state index is 15.7. The molecule has 4 heterocycles. The average Bonchev–Trinajstić information content (AvgIpc) is 3.70. The van der Waals surface area contributed by atoms with Crippen molar-refractivity contribution in [2.24, 2.45) is 18.4 Å². The lowest BCUT2D eigenvalue weighted by atomic mass is 9.78. The van der Waals surface area contributed by atoms with Gasteiger partial charge in [-0.15, -0.1) is 0 Å². The molecule has 11 heteroatoms. The van der Waals surface area contributed by atoms with Crippen molar-refractivity contribution in [1.82, 2.24) is 24.7 Å². The highest BCUT2D eigenvalue weighted by molar-refractivity contribution is 7.99. The first-order chi connectivity index (χ1) is 23.4. The van der Waals surface area contributed by atoms with E-state index < -0.39 is 11.2 Å². The van der Waals surface area contributed by atoms with Gasteiger partial charge in [0.1, 0.15) is 11.6 Å². The number of pyridine rings is 1. The third kappa shape index (κ3) is 7.43. The van der Waals surface area contributed by atoms with Crippen LogP contribution in [0.2, 0.25) is 0 Å². The normalized spacial score (nSPS) is 19.1. The minimum atomic E-state index is -0.692. The SMILES string of the molecule is COC(=O)C(C)Cc1cccc(C2(C)CCCC(C)(C)CSCCc3c(c(F)cc4[nH]ccc34)Sc3ccc(F)c(c3)-c3nc2nn3C)n1. The third-order valence-corrected chi connectivity index (χ3v) is 12.1. The first-order valence-corrected chi connectivity index (χ1v) is 18.7. The smallest absolute Gasteiger partial charge is 0.308 e. The number of benzene rings is 2. The van der Waals surface area contributed by atoms with E-state index in [0.29, 0.717) is 39.8 Å². The van der Waals surface area contributed by atoms with Crippen LogP contribution in [0.4, 0.5) is 8.78 Å². The minimum absolute atomic E-state index is 0.0500. The molecule has 0 radical (unpaired) electrons. The Hall–Kier alpha value is -3.70. The van der Waals surface area contributed by atoms with Crippen molar-refractivity contribution in [3.8, 4) is 11.4 Å². The quantitative estimate of drug-likeness (QED) is 0.187. The van der Waals surface area contributed by atoms with Gasteiger partial charge in [0.15, 0.2) is 11.6 Å². The van der Waals surface area contributed by atoms with Crippen LogP contribution in [0.25, 0.3) is 22.3 Å². The van der Waals surface area contributed by atoms with Gasteiger partial charge in [-0.3, -0.25) is 9.78 Å². The molecule has 2 unspecified atom stereocenters. The fraction of sp³-hybridized carbons (Fsp3) is 0.421. The van der Waals surface area contributed by atoms with Crippen LogP contribution in [0.3, 0.4) is 0 Å². The number of ether oxygens (including phenoxy) is 1. The monoisotopic (exact) mass is 703 g/mol. The molecule has 0 aliphatic carbocycles. The molecular formula is C38H43F2N5O2S2. The van der Waals surface area contributed by atoms with Gasteiger partial charge in [-0.25, -0.2) is 18.4 Å². The first-order valence-electron chi connectivity index (χ1n) is 16.7. The number of nitrogens with zero attached hydrogens (tertiary/aromatic N) is 4. The Bertz CT molecular complexity index is 1990. The van der Waals surface area contributed by atoms with Gasteiger partial charge in [-0.05, 0) is 91.1 Å². The van der Waals surface area contributed by atoms with Crippen molar-refractivity contribution < 1.29 is 18.3 Å². The van der Waals surface area contributed by atoms with Crippen LogP contribution in [-0.4, -0.2) is 49.3 Å². The Balaban J connectivity index is 1.45. The number of hydrogen-bond acceptors (Lipinski definition) is 7. The number of hydrogen-bond donors (Lipinski definition) is 1. The zero-order chi connectivity index (χ0) is 34.9. The maximum Gasteiger partial charge on any atom is 0.308 e. The van der Waals surface area contributed by atoms with Crippen LogP contribution in [0.15, 0.2) is 64.5 Å². The molecule has 258 valence electrons. The molecule has 0 spiro atoms. The molecule has 1 N–H and O–H groups in total. The second-order valence-electron chi connectivity index (χ2n) is 14.0. The molecule has 0 amide bonds. The summed E-state index contributed by atoms with van der Waals surface area (Å²) in [6.07, 6.45) is 5.58. The zero-order valence-electron chi connectivity index (χ0n) is 28.9. The number of fused-ring (bicyclic) bond motifs is 8. The highest BCUT2D eigenvalue weighted by atomic mass is 32.2. The molecule has 2 aromatic carbocycles. The molecule has 5 aromatic rings. The van der Waals surface area contributed by atoms with Crippen molar-refractivity contribution in [2.45, 2.75) is 75.0 Å². The van der Waals surface area contributed by atoms with Crippen molar-refractivity contribution in [1.29, 1.82) is 0 Å². The summed E-state index contributed by atoms with van der Waals surface area (Å²) in [5, 5.41) is 5.90. The fourth-order valence-electron chi connectivity index (χ4n) is 6.66. The van der Waals surface area contributed by atoms with Crippen molar-refractivity contribution in [2.75, 3.05) is 18.6 Å². The fourth-order valence-corrected chi connectivity index (χ4v) is 8.89. The number of halogens is 2. The topological polar surface area (TPSA) is 85.7 Å². The summed E-state index contributed by atoms with van der Waals surface area (Å²) in [5.74, 6) is 1.40. The summed E-state index contributed by atoms with van der Waals surface area (Å²) in [7, 11) is 3.17. The highest BCUT2D eigenvalue weighted by Gasteiger charge is 2.36. The van der Waals surface area contributed by atoms with Gasteiger partial charge >= 0.3 is 5.97 Å². The number of esters is 1. The second kappa shape index (κ2) is 14.3. The average molecular weight is 704 g/mol. The lowest BCUT2D eigenvalue weighted by molar-refractivity contribution is -0.144. The number of nitrogens with one attached hydrogen (secondary N) is 1. The van der Waals surface area contributed by atoms with Gasteiger partial charge in [0.2, 0.25) is 0 Å². The van der Waals surface area contributed by atoms with Gasteiger partial charge in [0.05, 0.1) is 34.6 Å². The van der Waals surface area contributed by atoms with Crippen molar-refractivity contribution in [3.63, 3.8) is 0 Å². The number of thioether (sulfide) groups is 1. The van der Waals surface area contributed by atoms with E-state index in [-0.39, 0.29) is 23.1 Å². The van der Waals surface area contributed by atoms with Gasteiger partial charge in [-0.2, -0.15) is 16.9 Å². The van der Waals surface area contributed by atoms with E-state index in [1.807, 2.05) is 49.1 Å². The molecule has 49 heavy (non-hydrogen) atoms. The molecule has 0 saturated heterocycles. The Morgan fingerprint density at radius 1 is 1.08 bits per heavy atom. The Kier molecular flexibility index (Phi) is 10.2. The van der Waals surface area contributed by atoms with E-state index in [1.54, 1.807) is 29.9 Å². The van der Waals surface area contributed by atoms with Crippen LogP contribution in [0.5, 0.6) is 0 Å². The molecular weight excluding hydrogens is 661 g/mol. The first kappa shape index (κ1) is 35.1. The molecule has 4 bridgehead atoms. The molecule has 6 rings (SSSR count). The lowest BCUT2D eigenvalue weighted by Crippen LogP contribution is -2.28. The summed E-state index contributed by atoms with van der Waals surface area (Å²) < 4.78 is 38.0. The van der Waals surface area contributed by atoms with Crippen LogP contribution >= 0.6 is 23.5 Å². The maximum absolute atomic E-state index is 15.7. The number of H-pyrrole nitrogens is 1. The number of carbonyl (C=O) groups excluding carboxylic acids is 1. The minimum Gasteiger partial charge on any atom is -0.469 e. The summed E-state index contributed by atoms with van der Waals surface area (Å²) in [6.45, 7) is 8.53. The number of aromatic amines is 1. The van der Waals surface area contributed by atoms with E-state index in [2.05, 4.69) is 25.8 Å². The largest absolute Gasteiger partial charge is 0.469 e. The van der Waals surface area contributed by atoms with Gasteiger partial charge in [0.25, 0.3) is 0 Å². The Morgan fingerprint density at radius 3 is 2.69 bits per heavy atom. The van der Waals surface area contributed by atoms with Crippen molar-refractivity contribution >= 4 is 40.4 Å². The molecule has 7 nitrogen and oxygen atoms in total. The predicted octanol–water partition coefficient (Wildman–Crippen LogP) is 8.93. The molecule has 3 aromatic heterocycles. The van der Waals surface area contributed by atoms with Crippen molar-refractivity contribution in [3.05, 3.63) is 89.1 Å². The van der Waals surface area contributed by atoms with Gasteiger partial charge in [0, 0.05) is 41.2 Å². The van der Waals surface area contributed by atoms with E-state index >= 15 is 8.78 Å². The van der Waals surface area contributed by atoms with E-state index in [4.69, 9.17) is 19.8 Å². The third-order valence-electron chi connectivity index (χ3n) is 9.53. The number of aryl methyl sites for hydroxylation is 2. The number of aromatic nitrogens is 5. The molecule has 0 fully saturated rings. The summed E-state index contributed by atoms with van der Waals surface area (Å²) >= 11 is 3.21. The predicted molar refractivity (Wildman–Crippen MR) is 193 cm³/mol.